The monoisotopic (exact) mass is 365 g/mol. The Kier molecular flexibility index (Phi) is 5.22. The highest BCUT2D eigenvalue weighted by Gasteiger charge is 2.38. The SMILES string of the molecule is CCNC(=O)C1Cc2ccccc2N1C(=O)Nc1ccc(C(C)(C)C)cc1. The van der Waals surface area contributed by atoms with Crippen molar-refractivity contribution in [2.45, 2.75) is 45.6 Å². The smallest absolute Gasteiger partial charge is 0.327 e. The summed E-state index contributed by atoms with van der Waals surface area (Å²) in [7, 11) is 0. The van der Waals surface area contributed by atoms with Crippen molar-refractivity contribution in [3.05, 3.63) is 59.7 Å². The van der Waals surface area contributed by atoms with Gasteiger partial charge in [0.2, 0.25) is 5.91 Å². The summed E-state index contributed by atoms with van der Waals surface area (Å²) in [5.74, 6) is -0.132. The second kappa shape index (κ2) is 7.43. The Morgan fingerprint density at radius 1 is 1.07 bits per heavy atom. The van der Waals surface area contributed by atoms with Crippen molar-refractivity contribution >= 4 is 23.3 Å². The van der Waals surface area contributed by atoms with Gasteiger partial charge in [0.05, 0.1) is 0 Å². The third-order valence-corrected chi connectivity index (χ3v) is 4.85. The van der Waals surface area contributed by atoms with Crippen LogP contribution in [0.1, 0.15) is 38.8 Å². The number of carbonyl (C=O) groups excluding carboxylic acids is 2. The Labute approximate surface area is 160 Å². The second-order valence-corrected chi connectivity index (χ2v) is 7.87. The Hall–Kier alpha value is -2.82. The van der Waals surface area contributed by atoms with E-state index < -0.39 is 6.04 Å². The lowest BCUT2D eigenvalue weighted by Crippen LogP contribution is -2.49. The lowest BCUT2D eigenvalue weighted by molar-refractivity contribution is -0.122. The topological polar surface area (TPSA) is 61.4 Å². The minimum absolute atomic E-state index is 0.0553. The van der Waals surface area contributed by atoms with E-state index >= 15 is 0 Å². The zero-order chi connectivity index (χ0) is 19.6. The van der Waals surface area contributed by atoms with Crippen LogP contribution in [-0.4, -0.2) is 24.5 Å². The zero-order valence-electron chi connectivity index (χ0n) is 16.4. The molecule has 0 radical (unpaired) electrons. The molecule has 0 spiro atoms. The van der Waals surface area contributed by atoms with E-state index in [9.17, 15) is 9.59 Å². The molecular weight excluding hydrogens is 338 g/mol. The molecule has 1 heterocycles. The summed E-state index contributed by atoms with van der Waals surface area (Å²) in [5.41, 5.74) is 3.77. The quantitative estimate of drug-likeness (QED) is 0.861. The van der Waals surface area contributed by atoms with Crippen molar-refractivity contribution in [1.82, 2.24) is 5.32 Å². The molecule has 0 bridgehead atoms. The number of hydrogen-bond acceptors (Lipinski definition) is 2. The number of rotatable bonds is 3. The molecule has 0 aromatic heterocycles. The minimum Gasteiger partial charge on any atom is -0.355 e. The van der Waals surface area contributed by atoms with Crippen molar-refractivity contribution in [3.8, 4) is 0 Å². The van der Waals surface area contributed by atoms with E-state index in [4.69, 9.17) is 0 Å². The highest BCUT2D eigenvalue weighted by atomic mass is 16.2. The van der Waals surface area contributed by atoms with Crippen LogP contribution < -0.4 is 15.5 Å². The van der Waals surface area contributed by atoms with Crippen molar-refractivity contribution in [1.29, 1.82) is 0 Å². The molecule has 3 rings (SSSR count). The number of amides is 3. The van der Waals surface area contributed by atoms with Crippen LogP contribution in [0.15, 0.2) is 48.5 Å². The Bertz CT molecular complexity index is 837. The second-order valence-electron chi connectivity index (χ2n) is 7.87. The van der Waals surface area contributed by atoms with Crippen LogP contribution in [0.3, 0.4) is 0 Å². The van der Waals surface area contributed by atoms with Gasteiger partial charge in [0, 0.05) is 24.3 Å². The molecule has 2 N–H and O–H groups in total. The van der Waals surface area contributed by atoms with Crippen molar-refractivity contribution in [3.63, 3.8) is 0 Å². The van der Waals surface area contributed by atoms with Crippen molar-refractivity contribution < 1.29 is 9.59 Å². The zero-order valence-corrected chi connectivity index (χ0v) is 16.4. The number of carbonyl (C=O) groups is 2. The average molecular weight is 365 g/mol. The molecular formula is C22H27N3O2. The molecule has 27 heavy (non-hydrogen) atoms. The number of urea groups is 1. The summed E-state index contributed by atoms with van der Waals surface area (Å²) in [6, 6.07) is 14.7. The van der Waals surface area contributed by atoms with Gasteiger partial charge in [0.25, 0.3) is 0 Å². The number of para-hydroxylation sites is 1. The van der Waals surface area contributed by atoms with Gasteiger partial charge < -0.3 is 10.6 Å². The molecule has 2 aromatic rings. The van der Waals surface area contributed by atoms with Crippen LogP contribution in [0, 0.1) is 0 Å². The third kappa shape index (κ3) is 3.97. The molecule has 1 unspecified atom stereocenters. The number of benzene rings is 2. The van der Waals surface area contributed by atoms with Gasteiger partial charge in [-0.2, -0.15) is 0 Å². The first-order valence-electron chi connectivity index (χ1n) is 9.37. The molecule has 2 aromatic carbocycles. The van der Waals surface area contributed by atoms with E-state index in [0.717, 1.165) is 11.3 Å². The molecule has 0 saturated heterocycles. The Morgan fingerprint density at radius 3 is 2.37 bits per heavy atom. The summed E-state index contributed by atoms with van der Waals surface area (Å²) in [6.45, 7) is 8.87. The molecule has 0 fully saturated rings. The highest BCUT2D eigenvalue weighted by Crippen LogP contribution is 2.33. The van der Waals surface area contributed by atoms with Crippen LogP contribution in [-0.2, 0) is 16.6 Å². The fraction of sp³-hybridized carbons (Fsp3) is 0.364. The van der Waals surface area contributed by atoms with Gasteiger partial charge in [-0.3, -0.25) is 9.69 Å². The van der Waals surface area contributed by atoms with Gasteiger partial charge in [-0.25, -0.2) is 4.79 Å². The van der Waals surface area contributed by atoms with Crippen LogP contribution in [0.2, 0.25) is 0 Å². The number of anilines is 2. The molecule has 0 saturated carbocycles. The fourth-order valence-electron chi connectivity index (χ4n) is 3.38. The minimum atomic E-state index is -0.531. The number of fused-ring (bicyclic) bond motifs is 1. The van der Waals surface area contributed by atoms with Crippen LogP contribution in [0.25, 0.3) is 0 Å². The molecule has 3 amide bonds. The van der Waals surface area contributed by atoms with Crippen molar-refractivity contribution in [2.75, 3.05) is 16.8 Å². The van der Waals surface area contributed by atoms with E-state index in [1.165, 1.54) is 5.56 Å². The standard InChI is InChI=1S/C22H27N3O2/c1-5-23-20(26)19-14-15-8-6-7-9-18(15)25(19)21(27)24-17-12-10-16(11-13-17)22(2,3)4/h6-13,19H,5,14H2,1-4H3,(H,23,26)(H,24,27). The molecule has 0 aliphatic carbocycles. The van der Waals surface area contributed by atoms with E-state index in [1.54, 1.807) is 4.90 Å². The van der Waals surface area contributed by atoms with Crippen LogP contribution in [0.4, 0.5) is 16.2 Å². The lowest BCUT2D eigenvalue weighted by Gasteiger charge is -2.25. The first-order chi connectivity index (χ1) is 12.8. The maximum atomic E-state index is 13.0. The molecule has 1 atom stereocenters. The number of nitrogens with one attached hydrogen (secondary N) is 2. The van der Waals surface area contributed by atoms with Gasteiger partial charge in [-0.15, -0.1) is 0 Å². The van der Waals surface area contributed by atoms with Crippen LogP contribution >= 0.6 is 0 Å². The first-order valence-corrected chi connectivity index (χ1v) is 9.37. The maximum absolute atomic E-state index is 13.0. The van der Waals surface area contributed by atoms with Crippen molar-refractivity contribution in [2.24, 2.45) is 0 Å². The van der Waals surface area contributed by atoms with Crippen LogP contribution in [0.5, 0.6) is 0 Å². The summed E-state index contributed by atoms with van der Waals surface area (Å²) in [5, 5.41) is 5.77. The lowest BCUT2D eigenvalue weighted by atomic mass is 9.87. The average Bonchev–Trinajstić information content (AvgIpc) is 3.01. The summed E-state index contributed by atoms with van der Waals surface area (Å²) in [4.78, 5) is 27.1. The molecule has 1 aliphatic heterocycles. The summed E-state index contributed by atoms with van der Waals surface area (Å²) >= 11 is 0. The third-order valence-electron chi connectivity index (χ3n) is 4.85. The van der Waals surface area contributed by atoms with Gasteiger partial charge in [-0.05, 0) is 41.7 Å². The van der Waals surface area contributed by atoms with Gasteiger partial charge in [0.1, 0.15) is 6.04 Å². The van der Waals surface area contributed by atoms with Gasteiger partial charge >= 0.3 is 6.03 Å². The van der Waals surface area contributed by atoms with E-state index in [0.29, 0.717) is 18.7 Å². The number of hydrogen-bond donors (Lipinski definition) is 2. The predicted molar refractivity (Wildman–Crippen MR) is 109 cm³/mol. The Morgan fingerprint density at radius 2 is 1.74 bits per heavy atom. The van der Waals surface area contributed by atoms with E-state index in [2.05, 4.69) is 31.4 Å². The largest absolute Gasteiger partial charge is 0.355 e. The molecule has 5 nitrogen and oxygen atoms in total. The molecule has 142 valence electrons. The fourth-order valence-corrected chi connectivity index (χ4v) is 3.38. The van der Waals surface area contributed by atoms with Gasteiger partial charge in [-0.1, -0.05) is 51.1 Å². The summed E-state index contributed by atoms with van der Waals surface area (Å²) in [6.07, 6.45) is 0.526. The highest BCUT2D eigenvalue weighted by molar-refractivity contribution is 6.08. The maximum Gasteiger partial charge on any atom is 0.327 e. The molecule has 1 aliphatic rings. The normalized spacial score (nSPS) is 16.0. The Balaban J connectivity index is 1.83. The predicted octanol–water partition coefficient (Wildman–Crippen LogP) is 4.08. The summed E-state index contributed by atoms with van der Waals surface area (Å²) < 4.78 is 0. The van der Waals surface area contributed by atoms with E-state index in [1.807, 2.05) is 55.5 Å². The molecule has 5 heteroatoms. The van der Waals surface area contributed by atoms with E-state index in [-0.39, 0.29) is 17.4 Å². The number of likely N-dealkylation sites (N-methyl/N-ethyl adjacent to an activating group) is 1. The van der Waals surface area contributed by atoms with Gasteiger partial charge in [0.15, 0.2) is 0 Å². The number of nitrogens with zero attached hydrogens (tertiary/aromatic N) is 1. The first kappa shape index (κ1) is 19.0.